The van der Waals surface area contributed by atoms with Gasteiger partial charge in [-0.15, -0.1) is 0 Å². The van der Waals surface area contributed by atoms with Crippen molar-refractivity contribution >= 4 is 17.6 Å². The van der Waals surface area contributed by atoms with E-state index in [0.29, 0.717) is 5.56 Å². The van der Waals surface area contributed by atoms with Crippen LogP contribution in [0.15, 0.2) is 48.5 Å². The Morgan fingerprint density at radius 3 is 2.33 bits per heavy atom. The van der Waals surface area contributed by atoms with Crippen LogP contribution in [0.2, 0.25) is 0 Å². The molecule has 4 rings (SSSR count). The van der Waals surface area contributed by atoms with Gasteiger partial charge in [-0.05, 0) is 24.3 Å². The highest BCUT2D eigenvalue weighted by molar-refractivity contribution is 5.84. The van der Waals surface area contributed by atoms with E-state index in [1.54, 1.807) is 30.4 Å². The number of para-hydroxylation sites is 1. The van der Waals surface area contributed by atoms with Gasteiger partial charge in [0.15, 0.2) is 0 Å². The van der Waals surface area contributed by atoms with Crippen LogP contribution >= 0.6 is 0 Å². The van der Waals surface area contributed by atoms with Gasteiger partial charge in [-0.1, -0.05) is 30.4 Å². The van der Waals surface area contributed by atoms with Gasteiger partial charge in [-0.25, -0.2) is 13.2 Å². The normalized spacial score (nSPS) is 12.8. The standard InChI is InChI=1S/C20H14F3N3O/c1-27-20-24-17(12-6-2-3-8-14(12)21)13-7-5-11-26(19(13)25-20)18-15(22)9-4-10-16(18)23/h2-10H,11H2,1H3. The van der Waals surface area contributed by atoms with Crippen LogP contribution in [-0.4, -0.2) is 23.6 Å². The summed E-state index contributed by atoms with van der Waals surface area (Å²) in [6.07, 6.45) is 3.43. The summed E-state index contributed by atoms with van der Waals surface area (Å²) in [5.41, 5.74) is 0.751. The number of hydrogen-bond donors (Lipinski definition) is 0. The average Bonchev–Trinajstić information content (AvgIpc) is 2.67. The van der Waals surface area contributed by atoms with Crippen molar-refractivity contribution in [3.05, 3.63) is 71.6 Å². The fourth-order valence-electron chi connectivity index (χ4n) is 3.05. The molecule has 0 aliphatic carbocycles. The van der Waals surface area contributed by atoms with Gasteiger partial charge >= 0.3 is 6.01 Å². The molecule has 136 valence electrons. The Labute approximate surface area is 153 Å². The van der Waals surface area contributed by atoms with E-state index >= 15 is 0 Å². The Hall–Kier alpha value is -3.35. The molecule has 0 N–H and O–H groups in total. The maximum Gasteiger partial charge on any atom is 0.318 e. The number of ether oxygens (including phenoxy) is 1. The molecule has 0 unspecified atom stereocenters. The predicted octanol–water partition coefficient (Wildman–Crippen LogP) is 4.73. The largest absolute Gasteiger partial charge is 0.467 e. The molecular weight excluding hydrogens is 355 g/mol. The monoisotopic (exact) mass is 369 g/mol. The van der Waals surface area contributed by atoms with E-state index in [1.165, 1.54) is 36.3 Å². The van der Waals surface area contributed by atoms with Crippen LogP contribution in [0.25, 0.3) is 17.3 Å². The highest BCUT2D eigenvalue weighted by Gasteiger charge is 2.27. The maximum atomic E-state index is 14.4. The van der Waals surface area contributed by atoms with Gasteiger partial charge < -0.3 is 9.64 Å². The summed E-state index contributed by atoms with van der Waals surface area (Å²) in [4.78, 5) is 9.93. The second-order valence-corrected chi connectivity index (χ2v) is 5.86. The van der Waals surface area contributed by atoms with Crippen molar-refractivity contribution in [1.82, 2.24) is 9.97 Å². The number of fused-ring (bicyclic) bond motifs is 1. The zero-order valence-corrected chi connectivity index (χ0v) is 14.3. The second kappa shape index (κ2) is 6.75. The summed E-state index contributed by atoms with van der Waals surface area (Å²) in [5.74, 6) is -1.67. The molecule has 0 bridgehead atoms. The van der Waals surface area contributed by atoms with Crippen LogP contribution in [0.1, 0.15) is 5.56 Å². The van der Waals surface area contributed by atoms with Gasteiger partial charge in [0.05, 0.1) is 12.8 Å². The molecule has 0 spiro atoms. The summed E-state index contributed by atoms with van der Waals surface area (Å²) in [6, 6.07) is 9.76. The highest BCUT2D eigenvalue weighted by Crippen LogP contribution is 2.39. The minimum atomic E-state index is -0.721. The number of rotatable bonds is 3. The van der Waals surface area contributed by atoms with Gasteiger partial charge in [-0.2, -0.15) is 9.97 Å². The van der Waals surface area contributed by atoms with Crippen molar-refractivity contribution in [2.45, 2.75) is 0 Å². The van der Waals surface area contributed by atoms with E-state index in [1.807, 2.05) is 0 Å². The topological polar surface area (TPSA) is 38.3 Å². The molecule has 2 aromatic carbocycles. The van der Waals surface area contributed by atoms with Crippen molar-refractivity contribution < 1.29 is 17.9 Å². The molecule has 1 aliphatic rings. The minimum Gasteiger partial charge on any atom is -0.467 e. The van der Waals surface area contributed by atoms with Crippen LogP contribution in [-0.2, 0) is 0 Å². The third kappa shape index (κ3) is 2.91. The number of methoxy groups -OCH3 is 1. The zero-order valence-electron chi connectivity index (χ0n) is 14.3. The van der Waals surface area contributed by atoms with E-state index in [9.17, 15) is 13.2 Å². The van der Waals surface area contributed by atoms with Crippen LogP contribution in [0.4, 0.5) is 24.7 Å². The summed E-state index contributed by atoms with van der Waals surface area (Å²) < 4.78 is 48.2. The Kier molecular flexibility index (Phi) is 4.27. The van der Waals surface area contributed by atoms with Crippen molar-refractivity contribution in [1.29, 1.82) is 0 Å². The van der Waals surface area contributed by atoms with Gasteiger partial charge in [-0.3, -0.25) is 0 Å². The lowest BCUT2D eigenvalue weighted by Gasteiger charge is -2.28. The van der Waals surface area contributed by atoms with E-state index < -0.39 is 17.5 Å². The third-order valence-corrected chi connectivity index (χ3v) is 4.25. The molecule has 3 aromatic rings. The first-order valence-electron chi connectivity index (χ1n) is 8.19. The average molecular weight is 369 g/mol. The van der Waals surface area contributed by atoms with Crippen molar-refractivity contribution in [2.75, 3.05) is 18.6 Å². The SMILES string of the molecule is COc1nc(-c2ccccc2F)c2c(n1)N(c1c(F)cccc1F)CC=C2. The maximum absolute atomic E-state index is 14.4. The summed E-state index contributed by atoms with van der Waals surface area (Å²) >= 11 is 0. The summed E-state index contributed by atoms with van der Waals surface area (Å²) in [6.45, 7) is 0.196. The first-order chi connectivity index (χ1) is 13.1. The molecule has 27 heavy (non-hydrogen) atoms. The van der Waals surface area contributed by atoms with E-state index in [2.05, 4.69) is 9.97 Å². The Balaban J connectivity index is 1.98. The lowest BCUT2D eigenvalue weighted by atomic mass is 10.0. The first kappa shape index (κ1) is 17.1. The van der Waals surface area contributed by atoms with Gasteiger partial charge in [0, 0.05) is 17.7 Å². The lowest BCUT2D eigenvalue weighted by Crippen LogP contribution is -2.25. The second-order valence-electron chi connectivity index (χ2n) is 5.86. The molecular formula is C20H14F3N3O. The van der Waals surface area contributed by atoms with E-state index in [0.717, 1.165) is 0 Å². The van der Waals surface area contributed by atoms with Crippen LogP contribution < -0.4 is 9.64 Å². The molecule has 0 atom stereocenters. The molecule has 0 amide bonds. The fraction of sp³-hybridized carbons (Fsp3) is 0.100. The smallest absolute Gasteiger partial charge is 0.318 e. The molecule has 0 saturated carbocycles. The van der Waals surface area contributed by atoms with Crippen LogP contribution in [0.3, 0.4) is 0 Å². The Morgan fingerprint density at radius 2 is 1.63 bits per heavy atom. The molecule has 0 saturated heterocycles. The molecule has 0 fully saturated rings. The molecule has 4 nitrogen and oxygen atoms in total. The number of benzene rings is 2. The quantitative estimate of drug-likeness (QED) is 0.669. The van der Waals surface area contributed by atoms with Crippen molar-refractivity contribution in [3.63, 3.8) is 0 Å². The lowest BCUT2D eigenvalue weighted by molar-refractivity contribution is 0.380. The number of anilines is 2. The minimum absolute atomic E-state index is 0.0240. The molecule has 7 heteroatoms. The van der Waals surface area contributed by atoms with E-state index in [4.69, 9.17) is 4.74 Å². The number of aromatic nitrogens is 2. The van der Waals surface area contributed by atoms with Gasteiger partial charge in [0.2, 0.25) is 0 Å². The van der Waals surface area contributed by atoms with Crippen LogP contribution in [0.5, 0.6) is 6.01 Å². The number of halogens is 3. The Bertz CT molecular complexity index is 1030. The predicted molar refractivity (Wildman–Crippen MR) is 96.4 cm³/mol. The van der Waals surface area contributed by atoms with Gasteiger partial charge in [0.1, 0.15) is 29.0 Å². The summed E-state index contributed by atoms with van der Waals surface area (Å²) in [5, 5.41) is 0. The van der Waals surface area contributed by atoms with Crippen LogP contribution in [0, 0.1) is 17.5 Å². The zero-order chi connectivity index (χ0) is 19.0. The Morgan fingerprint density at radius 1 is 0.926 bits per heavy atom. The molecule has 0 radical (unpaired) electrons. The highest BCUT2D eigenvalue weighted by atomic mass is 19.1. The number of nitrogens with zero attached hydrogens (tertiary/aromatic N) is 3. The first-order valence-corrected chi connectivity index (χ1v) is 8.19. The van der Waals surface area contributed by atoms with E-state index in [-0.39, 0.29) is 35.3 Å². The fourth-order valence-corrected chi connectivity index (χ4v) is 3.05. The molecule has 1 aliphatic heterocycles. The molecule has 2 heterocycles. The van der Waals surface area contributed by atoms with Crippen molar-refractivity contribution in [3.8, 4) is 17.3 Å². The number of hydrogen-bond acceptors (Lipinski definition) is 4. The van der Waals surface area contributed by atoms with Crippen molar-refractivity contribution in [2.24, 2.45) is 0 Å². The molecule has 1 aromatic heterocycles. The summed E-state index contributed by atoms with van der Waals surface area (Å²) in [7, 11) is 1.37. The van der Waals surface area contributed by atoms with Gasteiger partial charge in [0.25, 0.3) is 0 Å². The third-order valence-electron chi connectivity index (χ3n) is 4.25.